The van der Waals surface area contributed by atoms with Gasteiger partial charge in [-0.1, -0.05) is 55.8 Å². The van der Waals surface area contributed by atoms with E-state index in [-0.39, 0.29) is 0 Å². The summed E-state index contributed by atoms with van der Waals surface area (Å²) in [7, 11) is 0. The normalized spacial score (nSPS) is 15.3. The zero-order valence-electron chi connectivity index (χ0n) is 19.7. The second-order valence-corrected chi connectivity index (χ2v) is 8.50. The topological polar surface area (TPSA) is 86.1 Å². The standard InChI is InChI=1S/C27H32N6O/c1-2-8-23-17-26(32-27(30-23)31-25-12-7-6-11-22(25)18-28)33-15-13-24(19-33)29-14-16-34-20-21-9-4-3-5-10-21/h3-7,9-12,17,24,29H,2,8,13-16,19-20H2,1H3,(H,30,31,32). The highest BCUT2D eigenvalue weighted by Crippen LogP contribution is 2.24. The van der Waals surface area contributed by atoms with Crippen LogP contribution in [0, 0.1) is 11.3 Å². The van der Waals surface area contributed by atoms with Crippen LogP contribution in [0.1, 0.15) is 36.6 Å². The van der Waals surface area contributed by atoms with Crippen LogP contribution in [0.15, 0.2) is 60.7 Å². The maximum absolute atomic E-state index is 9.40. The van der Waals surface area contributed by atoms with Crippen molar-refractivity contribution >= 4 is 17.5 Å². The molecule has 176 valence electrons. The molecule has 7 nitrogen and oxygen atoms in total. The molecule has 0 spiro atoms. The third-order valence-electron chi connectivity index (χ3n) is 5.87. The first kappa shape index (κ1) is 23.7. The van der Waals surface area contributed by atoms with Crippen LogP contribution in [-0.4, -0.2) is 42.3 Å². The van der Waals surface area contributed by atoms with Crippen LogP contribution in [0.4, 0.5) is 17.5 Å². The largest absolute Gasteiger partial charge is 0.375 e. The number of hydrogen-bond acceptors (Lipinski definition) is 7. The number of nitrogens with zero attached hydrogens (tertiary/aromatic N) is 4. The van der Waals surface area contributed by atoms with Gasteiger partial charge in [-0.05, 0) is 30.5 Å². The first-order chi connectivity index (χ1) is 16.7. The van der Waals surface area contributed by atoms with E-state index < -0.39 is 0 Å². The van der Waals surface area contributed by atoms with Gasteiger partial charge in [-0.15, -0.1) is 0 Å². The number of benzene rings is 2. The number of nitriles is 1. The highest BCUT2D eigenvalue weighted by atomic mass is 16.5. The number of anilines is 3. The molecule has 0 bridgehead atoms. The molecule has 0 saturated carbocycles. The molecule has 2 N–H and O–H groups in total. The molecule has 1 aliphatic rings. The summed E-state index contributed by atoms with van der Waals surface area (Å²) < 4.78 is 5.80. The Labute approximate surface area is 201 Å². The van der Waals surface area contributed by atoms with E-state index in [1.54, 1.807) is 6.07 Å². The van der Waals surface area contributed by atoms with E-state index in [0.29, 0.717) is 30.8 Å². The SMILES string of the molecule is CCCc1cc(N2CCC(NCCOCc3ccccc3)C2)nc(Nc2ccccc2C#N)n1. The number of rotatable bonds is 11. The summed E-state index contributed by atoms with van der Waals surface area (Å²) in [5, 5.41) is 16.3. The number of nitrogens with one attached hydrogen (secondary N) is 2. The van der Waals surface area contributed by atoms with Crippen LogP contribution in [0.25, 0.3) is 0 Å². The molecule has 1 fully saturated rings. The molecule has 0 radical (unpaired) electrons. The van der Waals surface area contributed by atoms with Crippen molar-refractivity contribution in [2.45, 2.75) is 38.8 Å². The average molecular weight is 457 g/mol. The lowest BCUT2D eigenvalue weighted by atomic mass is 10.2. The van der Waals surface area contributed by atoms with Gasteiger partial charge in [0.25, 0.3) is 0 Å². The fourth-order valence-corrected chi connectivity index (χ4v) is 4.13. The summed E-state index contributed by atoms with van der Waals surface area (Å²) in [6.45, 7) is 6.15. The lowest BCUT2D eigenvalue weighted by Gasteiger charge is -2.20. The summed E-state index contributed by atoms with van der Waals surface area (Å²) in [5.41, 5.74) is 3.51. The van der Waals surface area contributed by atoms with Crippen molar-refractivity contribution in [2.24, 2.45) is 0 Å². The van der Waals surface area contributed by atoms with Gasteiger partial charge in [0.1, 0.15) is 11.9 Å². The van der Waals surface area contributed by atoms with Gasteiger partial charge in [-0.3, -0.25) is 0 Å². The highest BCUT2D eigenvalue weighted by molar-refractivity contribution is 5.63. The molecule has 7 heteroatoms. The first-order valence-electron chi connectivity index (χ1n) is 12.0. The molecule has 2 heterocycles. The lowest BCUT2D eigenvalue weighted by molar-refractivity contribution is 0.121. The van der Waals surface area contributed by atoms with Crippen molar-refractivity contribution in [3.63, 3.8) is 0 Å². The van der Waals surface area contributed by atoms with E-state index in [2.05, 4.69) is 51.7 Å². The fourth-order valence-electron chi connectivity index (χ4n) is 4.13. The highest BCUT2D eigenvalue weighted by Gasteiger charge is 2.24. The number of aryl methyl sites for hydroxylation is 1. The molecule has 0 amide bonds. The van der Waals surface area contributed by atoms with Gasteiger partial charge in [-0.2, -0.15) is 10.2 Å². The molecule has 1 aromatic heterocycles. The van der Waals surface area contributed by atoms with Gasteiger partial charge in [0.15, 0.2) is 0 Å². The second kappa shape index (κ2) is 12.1. The number of ether oxygens (including phenoxy) is 1. The van der Waals surface area contributed by atoms with Gasteiger partial charge in [0.05, 0.1) is 24.5 Å². The zero-order valence-corrected chi connectivity index (χ0v) is 19.7. The van der Waals surface area contributed by atoms with Crippen molar-refractivity contribution in [1.29, 1.82) is 5.26 Å². The van der Waals surface area contributed by atoms with E-state index in [0.717, 1.165) is 56.1 Å². The van der Waals surface area contributed by atoms with E-state index in [1.807, 2.05) is 36.4 Å². The van der Waals surface area contributed by atoms with Crippen LogP contribution in [0.3, 0.4) is 0 Å². The summed E-state index contributed by atoms with van der Waals surface area (Å²) in [6.07, 6.45) is 2.96. The minimum Gasteiger partial charge on any atom is -0.375 e. The third-order valence-corrected chi connectivity index (χ3v) is 5.87. The molecule has 1 atom stereocenters. The third kappa shape index (κ3) is 6.53. The predicted molar refractivity (Wildman–Crippen MR) is 135 cm³/mol. The maximum Gasteiger partial charge on any atom is 0.229 e. The molecular formula is C27H32N6O. The molecular weight excluding hydrogens is 424 g/mol. The second-order valence-electron chi connectivity index (χ2n) is 8.50. The molecule has 1 aliphatic heterocycles. The van der Waals surface area contributed by atoms with Crippen LogP contribution >= 0.6 is 0 Å². The smallest absolute Gasteiger partial charge is 0.229 e. The maximum atomic E-state index is 9.40. The van der Waals surface area contributed by atoms with Crippen LogP contribution in [-0.2, 0) is 17.8 Å². The summed E-state index contributed by atoms with van der Waals surface area (Å²) >= 11 is 0. The van der Waals surface area contributed by atoms with Crippen molar-refractivity contribution < 1.29 is 4.74 Å². The number of aromatic nitrogens is 2. The minimum absolute atomic E-state index is 0.403. The molecule has 3 aromatic rings. The van der Waals surface area contributed by atoms with Gasteiger partial charge in [0, 0.05) is 37.4 Å². The quantitative estimate of drug-likeness (QED) is 0.413. The summed E-state index contributed by atoms with van der Waals surface area (Å²) in [4.78, 5) is 11.8. The van der Waals surface area contributed by atoms with Crippen LogP contribution < -0.4 is 15.5 Å². The lowest BCUT2D eigenvalue weighted by Crippen LogP contribution is -2.35. The predicted octanol–water partition coefficient (Wildman–Crippen LogP) is 4.43. The number of para-hydroxylation sites is 1. The van der Waals surface area contributed by atoms with Crippen molar-refractivity contribution in [2.75, 3.05) is 36.5 Å². The summed E-state index contributed by atoms with van der Waals surface area (Å²) in [5.74, 6) is 1.47. The molecule has 0 aliphatic carbocycles. The van der Waals surface area contributed by atoms with Crippen LogP contribution in [0.2, 0.25) is 0 Å². The van der Waals surface area contributed by atoms with Crippen molar-refractivity contribution in [3.8, 4) is 6.07 Å². The average Bonchev–Trinajstić information content (AvgIpc) is 3.34. The van der Waals surface area contributed by atoms with Gasteiger partial charge in [0.2, 0.25) is 5.95 Å². The van der Waals surface area contributed by atoms with E-state index in [9.17, 15) is 5.26 Å². The van der Waals surface area contributed by atoms with Gasteiger partial charge < -0.3 is 20.3 Å². The van der Waals surface area contributed by atoms with E-state index >= 15 is 0 Å². The Morgan fingerprint density at radius 1 is 1.12 bits per heavy atom. The van der Waals surface area contributed by atoms with Gasteiger partial charge >= 0.3 is 0 Å². The van der Waals surface area contributed by atoms with Crippen LogP contribution in [0.5, 0.6) is 0 Å². The van der Waals surface area contributed by atoms with E-state index in [1.165, 1.54) is 5.56 Å². The molecule has 2 aromatic carbocycles. The molecule has 1 unspecified atom stereocenters. The zero-order chi connectivity index (χ0) is 23.6. The molecule has 1 saturated heterocycles. The Hall–Kier alpha value is -3.47. The Morgan fingerprint density at radius 3 is 2.76 bits per heavy atom. The Kier molecular flexibility index (Phi) is 8.44. The van der Waals surface area contributed by atoms with Gasteiger partial charge in [-0.25, -0.2) is 4.98 Å². The molecule has 34 heavy (non-hydrogen) atoms. The Balaban J connectivity index is 1.33. The summed E-state index contributed by atoms with van der Waals surface area (Å²) in [6, 6.07) is 22.4. The minimum atomic E-state index is 0.403. The van der Waals surface area contributed by atoms with Crippen molar-refractivity contribution in [1.82, 2.24) is 15.3 Å². The Morgan fingerprint density at radius 2 is 1.94 bits per heavy atom. The molecule has 4 rings (SSSR count). The number of hydrogen-bond donors (Lipinski definition) is 2. The van der Waals surface area contributed by atoms with E-state index in [4.69, 9.17) is 9.72 Å². The fraction of sp³-hybridized carbons (Fsp3) is 0.370. The first-order valence-corrected chi connectivity index (χ1v) is 12.0. The van der Waals surface area contributed by atoms with Crippen molar-refractivity contribution in [3.05, 3.63) is 77.5 Å². The Bertz CT molecular complexity index is 1100. The monoisotopic (exact) mass is 456 g/mol.